The lowest BCUT2D eigenvalue weighted by molar-refractivity contribution is -0.223. The molecule has 6 unspecified atom stereocenters. The summed E-state index contributed by atoms with van der Waals surface area (Å²) in [4.78, 5) is 17.9. The van der Waals surface area contributed by atoms with E-state index in [1.807, 2.05) is 60.3 Å². The summed E-state index contributed by atoms with van der Waals surface area (Å²) in [6.45, 7) is 7.40. The van der Waals surface area contributed by atoms with Gasteiger partial charge in [-0.1, -0.05) is 163 Å². The number of allylic oxidation sites excluding steroid dienone is 1. The Morgan fingerprint density at radius 2 is 1.47 bits per heavy atom. The molecule has 2 N–H and O–H groups in total. The number of ether oxygens (including phenoxy) is 3. The van der Waals surface area contributed by atoms with Gasteiger partial charge in [-0.25, -0.2) is 0 Å². The first-order valence-electron chi connectivity index (χ1n) is 25.6. The molecule has 0 bridgehead atoms. The van der Waals surface area contributed by atoms with E-state index >= 15 is 0 Å². The summed E-state index contributed by atoms with van der Waals surface area (Å²) in [6, 6.07) is 23.5. The van der Waals surface area contributed by atoms with Gasteiger partial charge in [-0.3, -0.25) is 4.79 Å². The van der Waals surface area contributed by atoms with Crippen LogP contribution in [0.3, 0.4) is 0 Å². The predicted octanol–water partition coefficient (Wildman–Crippen LogP) is 14.3. The molecular formula is C57H79NO7S. The van der Waals surface area contributed by atoms with Gasteiger partial charge in [0.05, 0.1) is 23.5 Å². The standard InChI is InChI=1S/C57H79NO7S/c1-3-5-6-7-8-9-10-11-12-13-14-15-16-24-37-66-54-41-52(58-63-43-44-26-18-17-19-27-44)50-39-46(29-20-22-34-59)49(31-21-23-35-60)55-51-40-48(64-47-30-25-28-45(38-47)42-61)32-33-53(51)65-57(54,56(50)55)62-36-4-2/h4,17-19,25-28,30,32-33,38-40,42,46,49,54-56,59-60H,2-3,5-16,20-24,29,31,34-37,41,43H2,1H3. The zero-order valence-electron chi connectivity index (χ0n) is 39.9. The van der Waals surface area contributed by atoms with Crippen molar-refractivity contribution in [2.75, 3.05) is 25.6 Å². The van der Waals surface area contributed by atoms with Crippen molar-refractivity contribution in [3.63, 3.8) is 0 Å². The minimum absolute atomic E-state index is 0.0370. The van der Waals surface area contributed by atoms with Crippen LogP contribution in [0.1, 0.15) is 169 Å². The third kappa shape index (κ3) is 14.6. The maximum absolute atomic E-state index is 11.7. The molecule has 1 aliphatic heterocycles. The Labute approximate surface area is 401 Å². The maximum atomic E-state index is 11.7. The van der Waals surface area contributed by atoms with Crippen molar-refractivity contribution in [3.05, 3.63) is 114 Å². The molecular weight excluding hydrogens is 843 g/mol. The Bertz CT molecular complexity index is 1950. The first-order chi connectivity index (χ1) is 32.5. The van der Waals surface area contributed by atoms with E-state index in [4.69, 9.17) is 24.2 Å². The second kappa shape index (κ2) is 28.4. The first-order valence-corrected chi connectivity index (χ1v) is 26.7. The average molecular weight is 922 g/mol. The van der Waals surface area contributed by atoms with E-state index in [1.54, 1.807) is 12.1 Å². The fraction of sp³-hybridized carbons (Fsp3) is 0.579. The summed E-state index contributed by atoms with van der Waals surface area (Å²) >= 11 is 1.95. The third-order valence-electron chi connectivity index (χ3n) is 13.9. The molecule has 0 radical (unpaired) electrons. The van der Waals surface area contributed by atoms with E-state index in [0.29, 0.717) is 36.7 Å². The van der Waals surface area contributed by atoms with Crippen molar-refractivity contribution in [3.8, 4) is 17.2 Å². The number of rotatable bonds is 33. The number of hydrogen-bond acceptors (Lipinski definition) is 9. The number of aliphatic hydroxyl groups excluding tert-OH is 2. The molecule has 9 heteroatoms. The van der Waals surface area contributed by atoms with Gasteiger partial charge in [0.15, 0.2) is 0 Å². The van der Waals surface area contributed by atoms with Crippen LogP contribution < -0.4 is 9.47 Å². The number of benzene rings is 3. The van der Waals surface area contributed by atoms with Gasteiger partial charge in [0.25, 0.3) is 0 Å². The molecule has 66 heavy (non-hydrogen) atoms. The van der Waals surface area contributed by atoms with Gasteiger partial charge in [0, 0.05) is 36.7 Å². The highest BCUT2D eigenvalue weighted by atomic mass is 32.2. The van der Waals surface area contributed by atoms with Gasteiger partial charge in [-0.05, 0) is 91.2 Å². The van der Waals surface area contributed by atoms with Gasteiger partial charge in [0.1, 0.15) is 30.1 Å². The van der Waals surface area contributed by atoms with Gasteiger partial charge in [0.2, 0.25) is 5.79 Å². The summed E-state index contributed by atoms with van der Waals surface area (Å²) in [5.74, 6) is 2.15. The maximum Gasteiger partial charge on any atom is 0.230 e. The lowest BCUT2D eigenvalue weighted by Gasteiger charge is -2.58. The second-order valence-electron chi connectivity index (χ2n) is 18.8. The van der Waals surface area contributed by atoms with E-state index < -0.39 is 5.79 Å². The van der Waals surface area contributed by atoms with Crippen LogP contribution in [-0.4, -0.2) is 58.8 Å². The number of aliphatic hydroxyl groups is 2. The van der Waals surface area contributed by atoms with E-state index in [-0.39, 0.29) is 42.1 Å². The molecule has 6 atom stereocenters. The molecule has 1 fully saturated rings. The van der Waals surface area contributed by atoms with Crippen LogP contribution in [0.2, 0.25) is 0 Å². The van der Waals surface area contributed by atoms with Crippen LogP contribution in [0.5, 0.6) is 17.2 Å². The van der Waals surface area contributed by atoms with Crippen molar-refractivity contribution in [2.24, 2.45) is 22.9 Å². The van der Waals surface area contributed by atoms with Crippen LogP contribution in [0.25, 0.3) is 0 Å². The van der Waals surface area contributed by atoms with E-state index in [9.17, 15) is 15.0 Å². The highest BCUT2D eigenvalue weighted by Gasteiger charge is 2.64. The molecule has 0 amide bonds. The van der Waals surface area contributed by atoms with E-state index in [0.717, 1.165) is 85.1 Å². The number of unbranched alkanes of at least 4 members (excludes halogenated alkanes) is 15. The summed E-state index contributed by atoms with van der Waals surface area (Å²) in [5, 5.41) is 24.9. The minimum atomic E-state index is -1.01. The summed E-state index contributed by atoms with van der Waals surface area (Å²) in [6.07, 6.45) is 29.4. The van der Waals surface area contributed by atoms with Crippen LogP contribution >= 0.6 is 11.8 Å². The summed E-state index contributed by atoms with van der Waals surface area (Å²) in [5.41, 5.74) is 4.75. The number of fused-ring (bicyclic) bond motifs is 2. The molecule has 1 heterocycles. The monoisotopic (exact) mass is 922 g/mol. The van der Waals surface area contributed by atoms with Gasteiger partial charge >= 0.3 is 0 Å². The SMILES string of the molecule is C=CCOC12Oc3ccc(Oc4cccc(C=O)c4)cc3C3C(CCCCO)C(CCCCO)C=C(C(=NOCc4ccccc4)CC1SCCCCCCCCCCCCCCCC)C32. The predicted molar refractivity (Wildman–Crippen MR) is 271 cm³/mol. The number of oxime groups is 1. The van der Waals surface area contributed by atoms with Crippen LogP contribution in [0, 0.1) is 17.8 Å². The van der Waals surface area contributed by atoms with Crippen LogP contribution in [-0.2, 0) is 16.2 Å². The lowest BCUT2D eigenvalue weighted by atomic mass is 9.56. The highest BCUT2D eigenvalue weighted by Crippen LogP contribution is 2.62. The number of carbonyl (C=O) groups excluding carboxylic acids is 1. The quantitative estimate of drug-likeness (QED) is 0.0269. The molecule has 6 rings (SSSR count). The van der Waals surface area contributed by atoms with Gasteiger partial charge < -0.3 is 29.3 Å². The van der Waals surface area contributed by atoms with Crippen molar-refractivity contribution < 1.29 is 34.1 Å². The molecule has 0 saturated heterocycles. The molecule has 360 valence electrons. The first kappa shape index (κ1) is 51.5. The molecule has 2 aliphatic carbocycles. The van der Waals surface area contributed by atoms with Crippen molar-refractivity contribution in [1.82, 2.24) is 0 Å². The number of hydrogen-bond donors (Lipinski definition) is 2. The number of nitrogens with zero attached hydrogens (tertiary/aromatic N) is 1. The Kier molecular flexibility index (Phi) is 22.2. The number of thioether (sulfide) groups is 1. The fourth-order valence-corrected chi connectivity index (χ4v) is 12.0. The number of aldehydes is 1. The Hall–Kier alpha value is -3.89. The summed E-state index contributed by atoms with van der Waals surface area (Å²) < 4.78 is 21.1. The average Bonchev–Trinajstić information content (AvgIpc) is 3.34. The largest absolute Gasteiger partial charge is 0.460 e. The topological polar surface area (TPSA) is 107 Å². The summed E-state index contributed by atoms with van der Waals surface area (Å²) in [7, 11) is 0. The van der Waals surface area contributed by atoms with E-state index in [1.165, 1.54) is 83.5 Å². The zero-order valence-corrected chi connectivity index (χ0v) is 40.7. The molecule has 0 spiro atoms. The molecule has 3 aromatic rings. The third-order valence-corrected chi connectivity index (χ3v) is 15.3. The fourth-order valence-electron chi connectivity index (χ4n) is 10.6. The molecule has 0 aromatic heterocycles. The van der Waals surface area contributed by atoms with Crippen LogP contribution in [0.4, 0.5) is 0 Å². The van der Waals surface area contributed by atoms with Crippen molar-refractivity contribution in [1.29, 1.82) is 0 Å². The van der Waals surface area contributed by atoms with Crippen molar-refractivity contribution in [2.45, 2.75) is 165 Å². The van der Waals surface area contributed by atoms with Gasteiger partial charge in [-0.2, -0.15) is 11.8 Å². The zero-order chi connectivity index (χ0) is 46.2. The van der Waals surface area contributed by atoms with E-state index in [2.05, 4.69) is 37.8 Å². The Morgan fingerprint density at radius 1 is 0.788 bits per heavy atom. The minimum Gasteiger partial charge on any atom is -0.460 e. The Morgan fingerprint density at radius 3 is 2.15 bits per heavy atom. The van der Waals surface area contributed by atoms with Gasteiger partial charge in [-0.15, -0.1) is 6.58 Å². The number of carbonyl (C=O) groups is 1. The smallest absolute Gasteiger partial charge is 0.230 e. The molecule has 3 aliphatic rings. The normalized spacial score (nSPS) is 22.5. The molecule has 8 nitrogen and oxygen atoms in total. The van der Waals surface area contributed by atoms with Crippen molar-refractivity contribution >= 4 is 23.8 Å². The highest BCUT2D eigenvalue weighted by molar-refractivity contribution is 8.00. The lowest BCUT2D eigenvalue weighted by Crippen LogP contribution is -2.64. The van der Waals surface area contributed by atoms with Crippen LogP contribution in [0.15, 0.2) is 102 Å². The second-order valence-corrected chi connectivity index (χ2v) is 20.1. The Balaban J connectivity index is 1.30. The molecule has 3 aromatic carbocycles. The molecule has 1 saturated carbocycles.